The summed E-state index contributed by atoms with van der Waals surface area (Å²) < 4.78 is 0. The Balaban J connectivity index is 1.51. The summed E-state index contributed by atoms with van der Waals surface area (Å²) in [6.07, 6.45) is 7.73. The topological polar surface area (TPSA) is 69.3 Å². The van der Waals surface area contributed by atoms with Crippen LogP contribution in [0.25, 0.3) is 0 Å². The third-order valence-electron chi connectivity index (χ3n) is 5.21. The minimum atomic E-state index is 0.124. The number of hydrogen-bond donors (Lipinski definition) is 3. The van der Waals surface area contributed by atoms with Crippen LogP contribution in [0.3, 0.4) is 0 Å². The predicted molar refractivity (Wildman–Crippen MR) is 82.5 cm³/mol. The molecule has 3 aliphatic heterocycles. The summed E-state index contributed by atoms with van der Waals surface area (Å²) in [5, 5.41) is 3.60. The molecule has 4 atom stereocenters. The molecule has 4 heterocycles. The Hall–Kier alpha value is -1.50. The monoisotopic (exact) mass is 301 g/mol. The Labute approximate surface area is 130 Å². The van der Waals surface area contributed by atoms with Crippen LogP contribution in [0.4, 0.5) is 0 Å². The second-order valence-electron chi connectivity index (χ2n) is 6.53. The fourth-order valence-corrected chi connectivity index (χ4v) is 4.01. The molecule has 4 rings (SSSR count). The number of aromatic nitrogens is 1. The molecule has 0 aromatic carbocycles. The van der Waals surface area contributed by atoms with Crippen molar-refractivity contribution >= 4 is 5.91 Å². The first kappa shape index (κ1) is 14.1. The van der Waals surface area contributed by atoms with Crippen LogP contribution in [0.5, 0.6) is 0 Å². The van der Waals surface area contributed by atoms with E-state index in [0.29, 0.717) is 30.3 Å². The molecule has 0 saturated carbocycles. The van der Waals surface area contributed by atoms with E-state index in [1.165, 1.54) is 5.56 Å². The first-order valence-electron chi connectivity index (χ1n) is 8.27. The molecule has 6 nitrogen and oxygen atoms in total. The second kappa shape index (κ2) is 5.95. The molecule has 1 amide bonds. The number of carbonyl (C=O) groups is 1. The van der Waals surface area contributed by atoms with Crippen molar-refractivity contribution in [3.8, 4) is 0 Å². The largest absolute Gasteiger partial charge is 0.326 e. The van der Waals surface area contributed by atoms with Crippen molar-refractivity contribution in [2.75, 3.05) is 13.1 Å². The lowest BCUT2D eigenvalue weighted by atomic mass is 9.84. The molecule has 0 spiro atoms. The summed E-state index contributed by atoms with van der Waals surface area (Å²) in [6.45, 7) is 1.79. The third-order valence-corrected chi connectivity index (χ3v) is 5.21. The number of pyridine rings is 1. The summed E-state index contributed by atoms with van der Waals surface area (Å²) in [7, 11) is 0. The highest BCUT2D eigenvalue weighted by atomic mass is 16.2. The van der Waals surface area contributed by atoms with E-state index in [2.05, 4.69) is 27.2 Å². The van der Waals surface area contributed by atoms with E-state index in [0.717, 1.165) is 32.4 Å². The van der Waals surface area contributed by atoms with Gasteiger partial charge in [-0.3, -0.25) is 15.2 Å². The van der Waals surface area contributed by atoms with Crippen LogP contribution in [0, 0.1) is 5.92 Å². The summed E-state index contributed by atoms with van der Waals surface area (Å²) in [5.41, 5.74) is 7.98. The minimum Gasteiger partial charge on any atom is -0.326 e. The summed E-state index contributed by atoms with van der Waals surface area (Å²) in [6, 6.07) is 4.81. The Bertz CT molecular complexity index is 537. The third kappa shape index (κ3) is 2.51. The van der Waals surface area contributed by atoms with Crippen LogP contribution in [0.15, 0.2) is 24.5 Å². The smallest absolute Gasteiger partial charge is 0.223 e. The SMILES string of the molecule is O=C1CCCCN1C1NNC2CNC(c3cccnc3)CC21. The molecule has 1 aromatic rings. The molecule has 3 fully saturated rings. The zero-order chi connectivity index (χ0) is 14.9. The average Bonchev–Trinajstić information content (AvgIpc) is 2.99. The van der Waals surface area contributed by atoms with E-state index in [9.17, 15) is 4.79 Å². The number of rotatable bonds is 2. The van der Waals surface area contributed by atoms with E-state index in [1.807, 2.05) is 23.4 Å². The van der Waals surface area contributed by atoms with Crippen LogP contribution < -0.4 is 16.2 Å². The molecule has 22 heavy (non-hydrogen) atoms. The van der Waals surface area contributed by atoms with Crippen molar-refractivity contribution in [3.05, 3.63) is 30.1 Å². The molecule has 3 N–H and O–H groups in total. The van der Waals surface area contributed by atoms with Gasteiger partial charge in [-0.1, -0.05) is 6.07 Å². The molecule has 1 aromatic heterocycles. The van der Waals surface area contributed by atoms with Crippen molar-refractivity contribution in [1.29, 1.82) is 0 Å². The van der Waals surface area contributed by atoms with Gasteiger partial charge < -0.3 is 10.2 Å². The number of amides is 1. The summed E-state index contributed by atoms with van der Waals surface area (Å²) in [5.74, 6) is 0.733. The van der Waals surface area contributed by atoms with Crippen molar-refractivity contribution < 1.29 is 4.79 Å². The highest BCUT2D eigenvalue weighted by Gasteiger charge is 2.44. The van der Waals surface area contributed by atoms with Gasteiger partial charge in [-0.05, 0) is 30.9 Å². The second-order valence-corrected chi connectivity index (χ2v) is 6.53. The zero-order valence-corrected chi connectivity index (χ0v) is 12.7. The zero-order valence-electron chi connectivity index (χ0n) is 12.7. The van der Waals surface area contributed by atoms with Gasteiger partial charge in [-0.15, -0.1) is 0 Å². The molecule has 0 bridgehead atoms. The van der Waals surface area contributed by atoms with Crippen LogP contribution in [0.1, 0.15) is 37.3 Å². The first-order valence-corrected chi connectivity index (χ1v) is 8.27. The first-order chi connectivity index (χ1) is 10.8. The maximum absolute atomic E-state index is 12.2. The van der Waals surface area contributed by atoms with Crippen molar-refractivity contribution in [3.63, 3.8) is 0 Å². The molecule has 118 valence electrons. The predicted octanol–water partition coefficient (Wildman–Crippen LogP) is 0.547. The highest BCUT2D eigenvalue weighted by Crippen LogP contribution is 2.33. The number of carbonyl (C=O) groups excluding carboxylic acids is 1. The standard InChI is InChI=1S/C16H23N5O/c22-15-5-1-2-7-21(15)16-12-8-13(11-4-3-6-17-9-11)18-10-14(12)19-20-16/h3-4,6,9,12-14,16,18-20H,1-2,5,7-8,10H2. The molecule has 4 unspecified atom stereocenters. The fourth-order valence-electron chi connectivity index (χ4n) is 4.01. The number of fused-ring (bicyclic) bond motifs is 1. The van der Waals surface area contributed by atoms with E-state index in [4.69, 9.17) is 0 Å². The van der Waals surface area contributed by atoms with Crippen molar-refractivity contribution in [2.24, 2.45) is 5.92 Å². The minimum absolute atomic E-state index is 0.124. The maximum atomic E-state index is 12.2. The number of hydrogen-bond acceptors (Lipinski definition) is 5. The molecule has 0 aliphatic carbocycles. The average molecular weight is 301 g/mol. The highest BCUT2D eigenvalue weighted by molar-refractivity contribution is 5.77. The normalized spacial score (nSPS) is 35.5. The molecule has 3 saturated heterocycles. The fraction of sp³-hybridized carbons (Fsp3) is 0.625. The lowest BCUT2D eigenvalue weighted by molar-refractivity contribution is -0.137. The van der Waals surface area contributed by atoms with Gasteiger partial charge in [0.05, 0.1) is 6.17 Å². The molecule has 6 heteroatoms. The quantitative estimate of drug-likeness (QED) is 0.744. The van der Waals surface area contributed by atoms with Gasteiger partial charge in [-0.25, -0.2) is 5.43 Å². The van der Waals surface area contributed by atoms with Crippen molar-refractivity contribution in [1.82, 2.24) is 26.1 Å². The van der Waals surface area contributed by atoms with E-state index < -0.39 is 0 Å². The molecule has 3 aliphatic rings. The number of piperidine rings is 2. The Kier molecular flexibility index (Phi) is 3.82. The van der Waals surface area contributed by atoms with Gasteiger partial charge in [-0.2, -0.15) is 0 Å². The number of nitrogens with zero attached hydrogens (tertiary/aromatic N) is 2. The van der Waals surface area contributed by atoms with Gasteiger partial charge in [0.15, 0.2) is 0 Å². The van der Waals surface area contributed by atoms with Crippen LogP contribution in [-0.4, -0.2) is 41.1 Å². The lowest BCUT2D eigenvalue weighted by Crippen LogP contribution is -2.53. The molecule has 0 radical (unpaired) electrons. The number of hydrazine groups is 1. The van der Waals surface area contributed by atoms with Gasteiger partial charge in [0.25, 0.3) is 0 Å². The Morgan fingerprint density at radius 2 is 2.23 bits per heavy atom. The van der Waals surface area contributed by atoms with Gasteiger partial charge in [0.2, 0.25) is 5.91 Å². The van der Waals surface area contributed by atoms with E-state index >= 15 is 0 Å². The van der Waals surface area contributed by atoms with Crippen LogP contribution in [0.2, 0.25) is 0 Å². The van der Waals surface area contributed by atoms with Crippen molar-refractivity contribution in [2.45, 2.75) is 43.9 Å². The number of likely N-dealkylation sites (tertiary alicyclic amines) is 1. The maximum Gasteiger partial charge on any atom is 0.223 e. The van der Waals surface area contributed by atoms with Gasteiger partial charge >= 0.3 is 0 Å². The van der Waals surface area contributed by atoms with E-state index in [1.54, 1.807) is 0 Å². The number of nitrogens with one attached hydrogen (secondary N) is 3. The van der Waals surface area contributed by atoms with Crippen LogP contribution >= 0.6 is 0 Å². The van der Waals surface area contributed by atoms with E-state index in [-0.39, 0.29) is 6.17 Å². The Morgan fingerprint density at radius 1 is 1.27 bits per heavy atom. The van der Waals surface area contributed by atoms with Gasteiger partial charge in [0, 0.05) is 49.9 Å². The Morgan fingerprint density at radius 3 is 3.05 bits per heavy atom. The van der Waals surface area contributed by atoms with Crippen LogP contribution in [-0.2, 0) is 4.79 Å². The molecular formula is C16H23N5O. The van der Waals surface area contributed by atoms with Gasteiger partial charge in [0.1, 0.15) is 0 Å². The summed E-state index contributed by atoms with van der Waals surface area (Å²) >= 11 is 0. The lowest BCUT2D eigenvalue weighted by Gasteiger charge is -2.39. The molecular weight excluding hydrogens is 278 g/mol. The summed E-state index contributed by atoms with van der Waals surface area (Å²) in [4.78, 5) is 18.5.